The van der Waals surface area contributed by atoms with Gasteiger partial charge in [0.2, 0.25) is 0 Å². The second-order valence-corrected chi connectivity index (χ2v) is 14.9. The molecule has 0 saturated heterocycles. The summed E-state index contributed by atoms with van der Waals surface area (Å²) in [5.41, 5.74) is 15.2. The minimum Gasteiger partial charge on any atom is -0.309 e. The first kappa shape index (κ1) is 35.7. The third-order valence-corrected chi connectivity index (χ3v) is 11.2. The zero-order chi connectivity index (χ0) is 39.4. The first-order valence-electron chi connectivity index (χ1n) is 20.3. The third-order valence-electron chi connectivity index (χ3n) is 11.2. The van der Waals surface area contributed by atoms with Crippen molar-refractivity contribution in [1.29, 1.82) is 0 Å². The molecule has 0 fully saturated rings. The van der Waals surface area contributed by atoms with Gasteiger partial charge in [-0.05, 0) is 102 Å². The fraction of sp³-hybridized carbons (Fsp3) is 0. The Bertz CT molecular complexity index is 2990. The topological polar surface area (TPSA) is 3.24 Å². The average Bonchev–Trinajstić information content (AvgIpc) is 3.32. The van der Waals surface area contributed by atoms with E-state index in [0.717, 1.165) is 17.1 Å². The van der Waals surface area contributed by atoms with E-state index < -0.39 is 0 Å². The van der Waals surface area contributed by atoms with Crippen LogP contribution in [0.15, 0.2) is 249 Å². The van der Waals surface area contributed by atoms with E-state index in [1.54, 1.807) is 0 Å². The molecular weight excluding hydrogens is 711 g/mol. The highest BCUT2D eigenvalue weighted by Crippen LogP contribution is 2.46. The monoisotopic (exact) mass is 751 g/mol. The van der Waals surface area contributed by atoms with Gasteiger partial charge in [0.15, 0.2) is 0 Å². The van der Waals surface area contributed by atoms with Crippen LogP contribution in [0, 0.1) is 0 Å². The SMILES string of the molecule is c1ccc(/C(=C(/c2ccccc2)c2ccc3cc(N(c4ccccc4-c4ccccc4)c4ccccc4-c4ccccc4)ccc3c2)c2ccc3ccccc3c2)cc1. The molecule has 10 aromatic rings. The number of nitrogens with zero attached hydrogens (tertiary/aromatic N) is 1. The summed E-state index contributed by atoms with van der Waals surface area (Å²) in [6.45, 7) is 0. The molecule has 10 rings (SSSR count). The lowest BCUT2D eigenvalue weighted by molar-refractivity contribution is 1.29. The van der Waals surface area contributed by atoms with Crippen molar-refractivity contribution in [3.63, 3.8) is 0 Å². The van der Waals surface area contributed by atoms with Crippen LogP contribution in [-0.4, -0.2) is 0 Å². The number of benzene rings is 10. The molecule has 1 heteroatoms. The van der Waals surface area contributed by atoms with E-state index in [4.69, 9.17) is 0 Å². The average molecular weight is 752 g/mol. The minimum atomic E-state index is 1.09. The highest BCUT2D eigenvalue weighted by Gasteiger charge is 2.22. The molecule has 0 N–H and O–H groups in total. The smallest absolute Gasteiger partial charge is 0.0540 e. The molecule has 0 aliphatic rings. The van der Waals surface area contributed by atoms with Crippen LogP contribution >= 0.6 is 0 Å². The van der Waals surface area contributed by atoms with Gasteiger partial charge in [0, 0.05) is 16.8 Å². The predicted octanol–water partition coefficient (Wildman–Crippen LogP) is 15.8. The van der Waals surface area contributed by atoms with Crippen LogP contribution in [0.5, 0.6) is 0 Å². The fourth-order valence-corrected chi connectivity index (χ4v) is 8.46. The van der Waals surface area contributed by atoms with Gasteiger partial charge in [-0.2, -0.15) is 0 Å². The Morgan fingerprint density at radius 3 is 1.15 bits per heavy atom. The number of para-hydroxylation sites is 2. The van der Waals surface area contributed by atoms with Gasteiger partial charge in [0.1, 0.15) is 0 Å². The molecule has 0 spiro atoms. The molecule has 10 aromatic carbocycles. The van der Waals surface area contributed by atoms with Crippen molar-refractivity contribution in [3.05, 3.63) is 271 Å². The summed E-state index contributed by atoms with van der Waals surface area (Å²) in [6, 6.07) is 89.9. The molecule has 0 saturated carbocycles. The molecule has 1 nitrogen and oxygen atoms in total. The summed E-state index contributed by atoms with van der Waals surface area (Å²) < 4.78 is 0. The Hall–Kier alpha value is -7.74. The Morgan fingerprint density at radius 2 is 0.627 bits per heavy atom. The van der Waals surface area contributed by atoms with Gasteiger partial charge in [-0.15, -0.1) is 0 Å². The second kappa shape index (κ2) is 16.0. The Morgan fingerprint density at radius 1 is 0.254 bits per heavy atom. The van der Waals surface area contributed by atoms with Gasteiger partial charge in [-0.1, -0.05) is 212 Å². The molecule has 0 bridgehead atoms. The normalized spacial score (nSPS) is 11.7. The predicted molar refractivity (Wildman–Crippen MR) is 251 cm³/mol. The van der Waals surface area contributed by atoms with E-state index >= 15 is 0 Å². The van der Waals surface area contributed by atoms with Crippen molar-refractivity contribution >= 4 is 49.8 Å². The van der Waals surface area contributed by atoms with Crippen molar-refractivity contribution in [2.45, 2.75) is 0 Å². The van der Waals surface area contributed by atoms with Gasteiger partial charge < -0.3 is 4.90 Å². The summed E-state index contributed by atoms with van der Waals surface area (Å²) in [7, 11) is 0. The third kappa shape index (κ3) is 7.12. The van der Waals surface area contributed by atoms with Crippen LogP contribution in [0.3, 0.4) is 0 Å². The number of hydrogen-bond acceptors (Lipinski definition) is 1. The van der Waals surface area contributed by atoms with Crippen molar-refractivity contribution in [3.8, 4) is 22.3 Å². The largest absolute Gasteiger partial charge is 0.309 e. The first-order valence-corrected chi connectivity index (χ1v) is 20.3. The van der Waals surface area contributed by atoms with Crippen molar-refractivity contribution < 1.29 is 0 Å². The van der Waals surface area contributed by atoms with E-state index in [1.165, 1.54) is 77.2 Å². The zero-order valence-corrected chi connectivity index (χ0v) is 32.6. The molecule has 0 unspecified atom stereocenters. The Balaban J connectivity index is 1.18. The molecule has 0 heterocycles. The van der Waals surface area contributed by atoms with Crippen LogP contribution in [0.1, 0.15) is 22.3 Å². The number of fused-ring (bicyclic) bond motifs is 2. The molecule has 0 radical (unpaired) electrons. The maximum Gasteiger partial charge on any atom is 0.0540 e. The quantitative estimate of drug-likeness (QED) is 0.133. The van der Waals surface area contributed by atoms with Gasteiger partial charge in [-0.3, -0.25) is 0 Å². The van der Waals surface area contributed by atoms with Crippen LogP contribution in [0.4, 0.5) is 17.1 Å². The van der Waals surface area contributed by atoms with E-state index in [9.17, 15) is 0 Å². The van der Waals surface area contributed by atoms with Gasteiger partial charge in [-0.25, -0.2) is 0 Å². The summed E-state index contributed by atoms with van der Waals surface area (Å²) in [4.78, 5) is 2.43. The number of hydrogen-bond donors (Lipinski definition) is 0. The molecule has 0 aromatic heterocycles. The number of rotatable bonds is 9. The van der Waals surface area contributed by atoms with Gasteiger partial charge in [0.25, 0.3) is 0 Å². The molecule has 0 aliphatic carbocycles. The maximum absolute atomic E-state index is 2.43. The molecule has 0 amide bonds. The van der Waals surface area contributed by atoms with Crippen molar-refractivity contribution in [2.75, 3.05) is 4.90 Å². The Kier molecular flexibility index (Phi) is 9.68. The molecule has 59 heavy (non-hydrogen) atoms. The maximum atomic E-state index is 2.43. The lowest BCUT2D eigenvalue weighted by Crippen LogP contribution is -2.12. The van der Waals surface area contributed by atoms with E-state index in [2.05, 4.69) is 254 Å². The number of anilines is 3. The van der Waals surface area contributed by atoms with Crippen molar-refractivity contribution in [1.82, 2.24) is 0 Å². The zero-order valence-electron chi connectivity index (χ0n) is 32.6. The standard InChI is InChI=1S/C58H41N/c1-5-20-43(21-6-1)53-29-15-17-31-55(53)59(56-32-18-16-30-54(56)44-22-7-2-8-23-44)52-38-37-48-40-51(36-34-49(48)41-52)58(46-26-11-4-12-27-46)57(45-24-9-3-10-25-45)50-35-33-42-19-13-14-28-47(42)39-50/h1-41H/b58-57+. The van der Waals surface area contributed by atoms with E-state index in [0.29, 0.717) is 0 Å². The van der Waals surface area contributed by atoms with Crippen LogP contribution < -0.4 is 4.90 Å². The molecule has 0 atom stereocenters. The van der Waals surface area contributed by atoms with E-state index in [1.807, 2.05) is 0 Å². The summed E-state index contributed by atoms with van der Waals surface area (Å²) in [6.07, 6.45) is 0. The first-order chi connectivity index (χ1) is 29.3. The van der Waals surface area contributed by atoms with Crippen LogP contribution in [-0.2, 0) is 0 Å². The summed E-state index contributed by atoms with van der Waals surface area (Å²) in [5.74, 6) is 0. The molecule has 0 aliphatic heterocycles. The van der Waals surface area contributed by atoms with Gasteiger partial charge >= 0.3 is 0 Å². The lowest BCUT2D eigenvalue weighted by atomic mass is 9.84. The van der Waals surface area contributed by atoms with Crippen LogP contribution in [0.2, 0.25) is 0 Å². The van der Waals surface area contributed by atoms with Gasteiger partial charge in [0.05, 0.1) is 11.4 Å². The lowest BCUT2D eigenvalue weighted by Gasteiger charge is -2.30. The summed E-state index contributed by atoms with van der Waals surface area (Å²) >= 11 is 0. The highest BCUT2D eigenvalue weighted by molar-refractivity contribution is 6.07. The minimum absolute atomic E-state index is 1.09. The van der Waals surface area contributed by atoms with E-state index in [-0.39, 0.29) is 0 Å². The highest BCUT2D eigenvalue weighted by atomic mass is 15.1. The molecular formula is C58H41N. The van der Waals surface area contributed by atoms with Crippen LogP contribution in [0.25, 0.3) is 54.9 Å². The fourth-order valence-electron chi connectivity index (χ4n) is 8.46. The Labute approximate surface area is 346 Å². The van der Waals surface area contributed by atoms with Crippen molar-refractivity contribution in [2.24, 2.45) is 0 Å². The molecule has 278 valence electrons. The second-order valence-electron chi connectivity index (χ2n) is 14.9. The summed E-state index contributed by atoms with van der Waals surface area (Å²) in [5, 5.41) is 4.81.